The summed E-state index contributed by atoms with van der Waals surface area (Å²) in [5.41, 5.74) is -0.114. The Labute approximate surface area is 172 Å². The third kappa shape index (κ3) is 4.24. The molecular formula is C19H22N4O7. The molecule has 0 atom stereocenters. The summed E-state index contributed by atoms with van der Waals surface area (Å²) in [5.74, 6) is -1.22. The summed E-state index contributed by atoms with van der Waals surface area (Å²) in [6.07, 6.45) is 0.0349. The molecule has 1 aromatic rings. The number of rotatable bonds is 6. The van der Waals surface area contributed by atoms with E-state index in [1.807, 2.05) is 0 Å². The molecule has 4 amide bonds. The highest BCUT2D eigenvalue weighted by Crippen LogP contribution is 2.27. The van der Waals surface area contributed by atoms with Gasteiger partial charge in [-0.05, 0) is 19.4 Å². The molecule has 0 radical (unpaired) electrons. The van der Waals surface area contributed by atoms with Crippen molar-refractivity contribution in [3.63, 3.8) is 0 Å². The van der Waals surface area contributed by atoms with Gasteiger partial charge in [0.25, 0.3) is 17.5 Å². The molecule has 0 saturated carbocycles. The third-order valence-corrected chi connectivity index (χ3v) is 5.10. The molecule has 0 aliphatic carbocycles. The van der Waals surface area contributed by atoms with Gasteiger partial charge in [0.15, 0.2) is 0 Å². The number of benzene rings is 1. The number of fused-ring (bicyclic) bond motifs is 1. The van der Waals surface area contributed by atoms with Crippen molar-refractivity contribution in [3.05, 3.63) is 39.4 Å². The first kappa shape index (κ1) is 21.2. The van der Waals surface area contributed by atoms with E-state index in [9.17, 15) is 29.3 Å². The molecule has 2 heterocycles. The van der Waals surface area contributed by atoms with E-state index in [1.54, 1.807) is 16.7 Å². The molecule has 11 nitrogen and oxygen atoms in total. The van der Waals surface area contributed by atoms with Gasteiger partial charge in [-0.1, -0.05) is 0 Å². The quantitative estimate of drug-likeness (QED) is 0.386. The summed E-state index contributed by atoms with van der Waals surface area (Å²) < 4.78 is 4.94. The average molecular weight is 418 g/mol. The van der Waals surface area contributed by atoms with Crippen molar-refractivity contribution in [1.29, 1.82) is 0 Å². The van der Waals surface area contributed by atoms with Crippen LogP contribution in [0.3, 0.4) is 0 Å². The fourth-order valence-electron chi connectivity index (χ4n) is 3.50. The number of hydrogen-bond donors (Lipinski definition) is 0. The van der Waals surface area contributed by atoms with E-state index in [-0.39, 0.29) is 42.1 Å². The van der Waals surface area contributed by atoms with Crippen molar-refractivity contribution in [3.8, 4) is 0 Å². The second-order valence-electron chi connectivity index (χ2n) is 6.92. The van der Waals surface area contributed by atoms with E-state index >= 15 is 0 Å². The summed E-state index contributed by atoms with van der Waals surface area (Å²) in [4.78, 5) is 63.4. The van der Waals surface area contributed by atoms with Crippen LogP contribution in [-0.2, 0) is 9.53 Å². The van der Waals surface area contributed by atoms with Crippen LogP contribution in [-0.4, -0.2) is 82.8 Å². The molecular weight excluding hydrogens is 396 g/mol. The number of amides is 4. The van der Waals surface area contributed by atoms with Crippen molar-refractivity contribution in [1.82, 2.24) is 14.7 Å². The van der Waals surface area contributed by atoms with Crippen molar-refractivity contribution in [2.24, 2.45) is 0 Å². The Kier molecular flexibility index (Phi) is 6.28. The number of nitrogens with zero attached hydrogens (tertiary/aromatic N) is 4. The maximum absolute atomic E-state index is 12.5. The van der Waals surface area contributed by atoms with Gasteiger partial charge in [-0.15, -0.1) is 0 Å². The van der Waals surface area contributed by atoms with Gasteiger partial charge in [0.05, 0.1) is 22.7 Å². The minimum absolute atomic E-state index is 0.00983. The summed E-state index contributed by atoms with van der Waals surface area (Å²) >= 11 is 0. The third-order valence-electron chi connectivity index (χ3n) is 5.10. The fourth-order valence-corrected chi connectivity index (χ4v) is 3.50. The lowest BCUT2D eigenvalue weighted by atomic mass is 10.1. The smallest absolute Gasteiger partial charge is 0.409 e. The van der Waals surface area contributed by atoms with Gasteiger partial charge in [0.2, 0.25) is 5.91 Å². The molecule has 1 saturated heterocycles. The summed E-state index contributed by atoms with van der Waals surface area (Å²) in [7, 11) is 0. The number of carbonyl (C=O) groups is 4. The van der Waals surface area contributed by atoms with E-state index in [0.717, 1.165) is 11.0 Å². The van der Waals surface area contributed by atoms with Gasteiger partial charge in [0.1, 0.15) is 0 Å². The van der Waals surface area contributed by atoms with Crippen LogP contribution < -0.4 is 0 Å². The standard InChI is InChI=1S/C19H22N4O7/c1-2-30-19(27)21-10-8-20(9-11-21)16(24)4-3-7-22-17(25)14-6-5-13(23(28)29)12-15(14)18(22)26/h5-6,12H,2-4,7-11H2,1H3. The summed E-state index contributed by atoms with van der Waals surface area (Å²) in [6, 6.07) is 3.57. The van der Waals surface area contributed by atoms with E-state index < -0.39 is 22.8 Å². The van der Waals surface area contributed by atoms with Gasteiger partial charge in [-0.3, -0.25) is 29.4 Å². The van der Waals surface area contributed by atoms with Crippen LogP contribution in [0, 0.1) is 10.1 Å². The zero-order chi connectivity index (χ0) is 21.8. The summed E-state index contributed by atoms with van der Waals surface area (Å²) in [5, 5.41) is 10.9. The topological polar surface area (TPSA) is 130 Å². The largest absolute Gasteiger partial charge is 0.450 e. The number of nitro benzene ring substituents is 1. The Balaban J connectivity index is 1.49. The molecule has 0 aromatic heterocycles. The molecule has 11 heteroatoms. The van der Waals surface area contributed by atoms with E-state index in [0.29, 0.717) is 32.8 Å². The van der Waals surface area contributed by atoms with Gasteiger partial charge in [-0.25, -0.2) is 4.79 Å². The van der Waals surface area contributed by atoms with Crippen LogP contribution in [0.25, 0.3) is 0 Å². The minimum Gasteiger partial charge on any atom is -0.450 e. The summed E-state index contributed by atoms with van der Waals surface area (Å²) in [6.45, 7) is 3.65. The average Bonchev–Trinajstić information content (AvgIpc) is 2.98. The zero-order valence-electron chi connectivity index (χ0n) is 16.5. The molecule has 1 aromatic carbocycles. The predicted molar refractivity (Wildman–Crippen MR) is 103 cm³/mol. The van der Waals surface area contributed by atoms with Gasteiger partial charge in [0, 0.05) is 51.3 Å². The Morgan fingerprint density at radius 2 is 1.70 bits per heavy atom. The van der Waals surface area contributed by atoms with Gasteiger partial charge in [-0.2, -0.15) is 0 Å². The molecule has 0 N–H and O–H groups in total. The molecule has 2 aliphatic rings. The number of ether oxygens (including phenoxy) is 1. The second kappa shape index (κ2) is 8.89. The second-order valence-corrected chi connectivity index (χ2v) is 6.92. The van der Waals surface area contributed by atoms with Crippen molar-refractivity contribution in [2.75, 3.05) is 39.3 Å². The van der Waals surface area contributed by atoms with E-state index in [1.165, 1.54) is 12.1 Å². The first-order chi connectivity index (χ1) is 14.3. The highest BCUT2D eigenvalue weighted by atomic mass is 16.6. The molecule has 2 aliphatic heterocycles. The van der Waals surface area contributed by atoms with Gasteiger partial charge < -0.3 is 14.5 Å². The molecule has 160 valence electrons. The van der Waals surface area contributed by atoms with Crippen LogP contribution in [0.1, 0.15) is 40.5 Å². The lowest BCUT2D eigenvalue weighted by Crippen LogP contribution is -2.50. The van der Waals surface area contributed by atoms with Crippen molar-refractivity contribution in [2.45, 2.75) is 19.8 Å². The zero-order valence-corrected chi connectivity index (χ0v) is 16.5. The van der Waals surface area contributed by atoms with Crippen LogP contribution in [0.15, 0.2) is 18.2 Å². The Bertz CT molecular complexity index is 893. The molecule has 3 rings (SSSR count). The fraction of sp³-hybridized carbons (Fsp3) is 0.474. The number of nitro groups is 1. The number of carbonyl (C=O) groups excluding carboxylic acids is 4. The Morgan fingerprint density at radius 3 is 2.33 bits per heavy atom. The first-order valence-electron chi connectivity index (χ1n) is 9.67. The van der Waals surface area contributed by atoms with Crippen molar-refractivity contribution >= 4 is 29.5 Å². The SMILES string of the molecule is CCOC(=O)N1CCN(C(=O)CCCN2C(=O)c3ccc([N+](=O)[O-])cc3C2=O)CC1. The highest BCUT2D eigenvalue weighted by molar-refractivity contribution is 6.21. The lowest BCUT2D eigenvalue weighted by molar-refractivity contribution is -0.384. The van der Waals surface area contributed by atoms with E-state index in [4.69, 9.17) is 4.74 Å². The predicted octanol–water partition coefficient (Wildman–Crippen LogP) is 1.27. The van der Waals surface area contributed by atoms with Crippen molar-refractivity contribution < 1.29 is 28.8 Å². The lowest BCUT2D eigenvalue weighted by Gasteiger charge is -2.34. The van der Waals surface area contributed by atoms with Crippen LogP contribution in [0.4, 0.5) is 10.5 Å². The molecule has 1 fully saturated rings. The first-order valence-corrected chi connectivity index (χ1v) is 9.67. The maximum atomic E-state index is 12.5. The molecule has 0 spiro atoms. The van der Waals surface area contributed by atoms with Crippen LogP contribution >= 0.6 is 0 Å². The van der Waals surface area contributed by atoms with E-state index in [2.05, 4.69) is 0 Å². The number of imide groups is 1. The normalized spacial score (nSPS) is 16.0. The molecule has 0 unspecified atom stereocenters. The Morgan fingerprint density at radius 1 is 1.07 bits per heavy atom. The molecule has 0 bridgehead atoms. The van der Waals surface area contributed by atoms with Gasteiger partial charge >= 0.3 is 6.09 Å². The van der Waals surface area contributed by atoms with Crippen LogP contribution in [0.5, 0.6) is 0 Å². The number of piperazine rings is 1. The Hall–Kier alpha value is -3.50. The highest BCUT2D eigenvalue weighted by Gasteiger charge is 2.36. The number of hydrogen-bond acceptors (Lipinski definition) is 7. The number of non-ortho nitro benzene ring substituents is 1. The molecule has 30 heavy (non-hydrogen) atoms. The monoisotopic (exact) mass is 418 g/mol. The maximum Gasteiger partial charge on any atom is 0.409 e. The van der Waals surface area contributed by atoms with Crippen LogP contribution in [0.2, 0.25) is 0 Å². The minimum atomic E-state index is -0.624.